The minimum absolute atomic E-state index is 0.0371. The minimum atomic E-state index is -0.0489. The number of rotatable bonds is 4. The summed E-state index contributed by atoms with van der Waals surface area (Å²) >= 11 is 0. The summed E-state index contributed by atoms with van der Waals surface area (Å²) in [5.41, 5.74) is 1.98. The molecule has 25 heavy (non-hydrogen) atoms. The number of urea groups is 1. The van der Waals surface area contributed by atoms with Gasteiger partial charge in [0.25, 0.3) is 0 Å². The summed E-state index contributed by atoms with van der Waals surface area (Å²) in [6.45, 7) is 5.63. The second kappa shape index (κ2) is 7.96. The average molecular weight is 340 g/mol. The van der Waals surface area contributed by atoms with Crippen molar-refractivity contribution < 1.29 is 9.53 Å². The van der Waals surface area contributed by atoms with Crippen LogP contribution in [0.4, 0.5) is 4.79 Å². The molecule has 1 unspecified atom stereocenters. The number of nitrogens with one attached hydrogen (secondary N) is 1. The lowest BCUT2D eigenvalue weighted by atomic mass is 10.1. The summed E-state index contributed by atoms with van der Waals surface area (Å²) < 4.78 is 5.99. The molecule has 0 radical (unpaired) electrons. The largest absolute Gasteiger partial charge is 0.472 e. The standard InChI is InChI=1S/C19H24N4O2/c1-14-11-18(22-15(2)21-14)25-17-9-6-10-23(13-17)19(24)20-12-16-7-4-3-5-8-16/h3-5,7-8,11,17H,6,9-10,12-13H2,1-2H3,(H,20,24). The van der Waals surface area contributed by atoms with Crippen molar-refractivity contribution in [2.45, 2.75) is 39.3 Å². The summed E-state index contributed by atoms with van der Waals surface area (Å²) in [6, 6.07) is 11.7. The molecule has 1 aromatic heterocycles. The SMILES string of the molecule is Cc1cc(OC2CCCN(C(=O)NCc3ccccc3)C2)nc(C)n1. The Balaban J connectivity index is 1.54. The van der Waals surface area contributed by atoms with E-state index in [1.807, 2.05) is 55.1 Å². The zero-order chi connectivity index (χ0) is 17.6. The van der Waals surface area contributed by atoms with E-state index in [1.54, 1.807) is 0 Å². The summed E-state index contributed by atoms with van der Waals surface area (Å²) in [6.07, 6.45) is 1.81. The van der Waals surface area contributed by atoms with Crippen LogP contribution in [0.15, 0.2) is 36.4 Å². The van der Waals surface area contributed by atoms with Crippen LogP contribution in [-0.4, -0.2) is 40.1 Å². The van der Waals surface area contributed by atoms with E-state index in [1.165, 1.54) is 0 Å². The molecule has 1 fully saturated rings. The first-order valence-electron chi connectivity index (χ1n) is 8.66. The van der Waals surface area contributed by atoms with Crippen molar-refractivity contribution in [1.82, 2.24) is 20.2 Å². The third-order valence-corrected chi connectivity index (χ3v) is 4.18. The molecule has 2 amide bonds. The molecule has 3 rings (SSSR count). The highest BCUT2D eigenvalue weighted by Crippen LogP contribution is 2.17. The molecule has 1 aliphatic heterocycles. The number of piperidine rings is 1. The number of amides is 2. The number of hydrogen-bond acceptors (Lipinski definition) is 4. The first-order valence-corrected chi connectivity index (χ1v) is 8.66. The highest BCUT2D eigenvalue weighted by atomic mass is 16.5. The second-order valence-electron chi connectivity index (χ2n) is 6.37. The third-order valence-electron chi connectivity index (χ3n) is 4.18. The number of benzene rings is 1. The molecule has 1 aliphatic rings. The van der Waals surface area contributed by atoms with Gasteiger partial charge in [-0.2, -0.15) is 4.98 Å². The number of carbonyl (C=O) groups excluding carboxylic acids is 1. The Bertz CT molecular complexity index is 700. The van der Waals surface area contributed by atoms with Crippen LogP contribution in [0.25, 0.3) is 0 Å². The van der Waals surface area contributed by atoms with E-state index in [0.717, 1.165) is 30.6 Å². The van der Waals surface area contributed by atoms with Crippen LogP contribution in [0, 0.1) is 13.8 Å². The molecule has 1 atom stereocenters. The van der Waals surface area contributed by atoms with Crippen LogP contribution >= 0.6 is 0 Å². The maximum absolute atomic E-state index is 12.4. The molecular weight excluding hydrogens is 316 g/mol. The van der Waals surface area contributed by atoms with Crippen molar-refractivity contribution in [3.8, 4) is 5.88 Å². The Kier molecular flexibility index (Phi) is 5.48. The van der Waals surface area contributed by atoms with Gasteiger partial charge in [-0.3, -0.25) is 0 Å². The number of hydrogen-bond donors (Lipinski definition) is 1. The maximum atomic E-state index is 12.4. The lowest BCUT2D eigenvalue weighted by molar-refractivity contribution is 0.0974. The van der Waals surface area contributed by atoms with Crippen molar-refractivity contribution >= 4 is 6.03 Å². The first kappa shape index (κ1) is 17.2. The zero-order valence-corrected chi connectivity index (χ0v) is 14.7. The molecule has 0 saturated carbocycles. The normalized spacial score (nSPS) is 17.2. The lowest BCUT2D eigenvalue weighted by Gasteiger charge is -2.32. The van der Waals surface area contributed by atoms with E-state index in [2.05, 4.69) is 15.3 Å². The highest BCUT2D eigenvalue weighted by Gasteiger charge is 2.25. The fourth-order valence-electron chi connectivity index (χ4n) is 3.02. The van der Waals surface area contributed by atoms with Gasteiger partial charge in [0.15, 0.2) is 0 Å². The number of aromatic nitrogens is 2. The zero-order valence-electron chi connectivity index (χ0n) is 14.7. The molecule has 6 nitrogen and oxygen atoms in total. The van der Waals surface area contributed by atoms with Crippen molar-refractivity contribution in [2.24, 2.45) is 0 Å². The molecule has 0 aliphatic carbocycles. The molecule has 1 aromatic carbocycles. The van der Waals surface area contributed by atoms with Gasteiger partial charge >= 0.3 is 6.03 Å². The van der Waals surface area contributed by atoms with Gasteiger partial charge in [0, 0.05) is 24.8 Å². The molecule has 1 N–H and O–H groups in total. The molecule has 132 valence electrons. The molecule has 2 heterocycles. The van der Waals surface area contributed by atoms with Crippen LogP contribution in [0.1, 0.15) is 29.9 Å². The smallest absolute Gasteiger partial charge is 0.317 e. The highest BCUT2D eigenvalue weighted by molar-refractivity contribution is 5.74. The fraction of sp³-hybridized carbons (Fsp3) is 0.421. The minimum Gasteiger partial charge on any atom is -0.472 e. The summed E-state index contributed by atoms with van der Waals surface area (Å²) in [4.78, 5) is 22.8. The number of aryl methyl sites for hydroxylation is 2. The van der Waals surface area contributed by atoms with Gasteiger partial charge in [-0.15, -0.1) is 0 Å². The number of nitrogens with zero attached hydrogens (tertiary/aromatic N) is 3. The van der Waals surface area contributed by atoms with Gasteiger partial charge in [-0.25, -0.2) is 9.78 Å². The first-order chi connectivity index (χ1) is 12.1. The fourth-order valence-corrected chi connectivity index (χ4v) is 3.02. The van der Waals surface area contributed by atoms with Gasteiger partial charge in [-0.1, -0.05) is 30.3 Å². The topological polar surface area (TPSA) is 67.3 Å². The predicted molar refractivity (Wildman–Crippen MR) is 95.4 cm³/mol. The van der Waals surface area contributed by atoms with Gasteiger partial charge < -0.3 is 15.0 Å². The quantitative estimate of drug-likeness (QED) is 0.929. The lowest BCUT2D eigenvalue weighted by Crippen LogP contribution is -2.48. The Morgan fingerprint density at radius 3 is 2.84 bits per heavy atom. The van der Waals surface area contributed by atoms with E-state index in [9.17, 15) is 4.79 Å². The number of carbonyl (C=O) groups is 1. The van der Waals surface area contributed by atoms with E-state index in [-0.39, 0.29) is 12.1 Å². The van der Waals surface area contributed by atoms with Gasteiger partial charge in [0.2, 0.25) is 5.88 Å². The van der Waals surface area contributed by atoms with Gasteiger partial charge in [0.05, 0.1) is 6.54 Å². The van der Waals surface area contributed by atoms with Gasteiger partial charge in [-0.05, 0) is 32.3 Å². The van der Waals surface area contributed by atoms with Gasteiger partial charge in [0.1, 0.15) is 11.9 Å². The Morgan fingerprint density at radius 2 is 2.08 bits per heavy atom. The van der Waals surface area contributed by atoms with Crippen molar-refractivity contribution in [2.75, 3.05) is 13.1 Å². The van der Waals surface area contributed by atoms with E-state index in [0.29, 0.717) is 24.8 Å². The molecular formula is C19H24N4O2. The maximum Gasteiger partial charge on any atom is 0.317 e. The van der Waals surface area contributed by atoms with Crippen LogP contribution in [0.2, 0.25) is 0 Å². The predicted octanol–water partition coefficient (Wildman–Crippen LogP) is 2.85. The van der Waals surface area contributed by atoms with Crippen molar-refractivity contribution in [3.05, 3.63) is 53.5 Å². The molecule has 2 aromatic rings. The Labute approximate surface area is 148 Å². The summed E-state index contributed by atoms with van der Waals surface area (Å²) in [7, 11) is 0. The van der Waals surface area contributed by atoms with E-state index >= 15 is 0 Å². The second-order valence-corrected chi connectivity index (χ2v) is 6.37. The molecule has 0 spiro atoms. The number of ether oxygens (including phenoxy) is 1. The summed E-state index contributed by atoms with van der Waals surface area (Å²) in [5.74, 6) is 1.28. The molecule has 1 saturated heterocycles. The van der Waals surface area contributed by atoms with E-state index < -0.39 is 0 Å². The Morgan fingerprint density at radius 1 is 1.28 bits per heavy atom. The van der Waals surface area contributed by atoms with Crippen molar-refractivity contribution in [3.63, 3.8) is 0 Å². The summed E-state index contributed by atoms with van der Waals surface area (Å²) in [5, 5.41) is 2.98. The molecule has 6 heteroatoms. The van der Waals surface area contributed by atoms with Crippen LogP contribution in [-0.2, 0) is 6.54 Å². The van der Waals surface area contributed by atoms with E-state index in [4.69, 9.17) is 4.74 Å². The third kappa shape index (κ3) is 4.92. The van der Waals surface area contributed by atoms with Crippen LogP contribution < -0.4 is 10.1 Å². The van der Waals surface area contributed by atoms with Crippen molar-refractivity contribution in [1.29, 1.82) is 0 Å². The average Bonchev–Trinajstić information content (AvgIpc) is 2.60. The molecule has 0 bridgehead atoms. The van der Waals surface area contributed by atoms with Crippen LogP contribution in [0.3, 0.4) is 0 Å². The Hall–Kier alpha value is -2.63. The number of likely N-dealkylation sites (tertiary alicyclic amines) is 1. The van der Waals surface area contributed by atoms with Crippen LogP contribution in [0.5, 0.6) is 5.88 Å². The monoisotopic (exact) mass is 340 g/mol.